The van der Waals surface area contributed by atoms with Gasteiger partial charge in [-0.3, -0.25) is 9.59 Å². The average molecular weight is 428 g/mol. The molecule has 8 nitrogen and oxygen atoms in total. The summed E-state index contributed by atoms with van der Waals surface area (Å²) in [5, 5.41) is 6.93. The zero-order valence-electron chi connectivity index (χ0n) is 16.4. The number of nitrogens with zero attached hydrogens (tertiary/aromatic N) is 2. The van der Waals surface area contributed by atoms with Gasteiger partial charge in [0.15, 0.2) is 23.9 Å². The molecule has 1 aliphatic rings. The number of benzene rings is 2. The molecule has 3 N–H and O–H groups in total. The van der Waals surface area contributed by atoms with E-state index in [1.165, 1.54) is 24.1 Å². The highest BCUT2D eigenvalue weighted by Crippen LogP contribution is 2.41. The van der Waals surface area contributed by atoms with E-state index in [1.54, 1.807) is 18.2 Å². The van der Waals surface area contributed by atoms with Crippen LogP contribution in [0.15, 0.2) is 42.6 Å². The number of primary amides is 1. The van der Waals surface area contributed by atoms with Crippen LogP contribution in [0, 0.1) is 11.6 Å². The molecule has 31 heavy (non-hydrogen) atoms. The van der Waals surface area contributed by atoms with Crippen molar-refractivity contribution < 1.29 is 27.8 Å². The molecule has 0 radical (unpaired) electrons. The molecule has 4 rings (SSSR count). The molecule has 1 unspecified atom stereocenters. The number of rotatable bonds is 6. The molecular formula is C21H18F2N4O4. The first-order valence-corrected chi connectivity index (χ1v) is 9.29. The molecule has 0 aliphatic carbocycles. The first-order chi connectivity index (χ1) is 14.9. The Balaban J connectivity index is 1.73. The molecule has 2 amide bonds. The predicted molar refractivity (Wildman–Crippen MR) is 106 cm³/mol. The number of hydrogen-bond donors (Lipinski definition) is 2. The van der Waals surface area contributed by atoms with Crippen LogP contribution in [0.2, 0.25) is 0 Å². The minimum atomic E-state index is -0.806. The van der Waals surface area contributed by atoms with Crippen molar-refractivity contribution in [3.63, 3.8) is 0 Å². The Labute approximate surface area is 175 Å². The van der Waals surface area contributed by atoms with Crippen molar-refractivity contribution in [3.05, 3.63) is 65.4 Å². The smallest absolute Gasteiger partial charge is 0.255 e. The molecule has 160 valence electrons. The van der Waals surface area contributed by atoms with Gasteiger partial charge in [-0.25, -0.2) is 13.5 Å². The number of carbonyl (C=O) groups excluding carboxylic acids is 2. The minimum Gasteiger partial charge on any atom is -0.493 e. The minimum absolute atomic E-state index is 0.0105. The SMILES string of the molecule is COc1cc(C2CC(=O)Nc3c2cnn3-c2ccc(F)cc2F)ccc1OCC(N)=O. The number of nitrogens with two attached hydrogens (primary N) is 1. The van der Waals surface area contributed by atoms with E-state index in [0.29, 0.717) is 22.9 Å². The molecule has 3 aromatic rings. The summed E-state index contributed by atoms with van der Waals surface area (Å²) in [5.41, 5.74) is 6.52. The first kappa shape index (κ1) is 20.3. The lowest BCUT2D eigenvalue weighted by Gasteiger charge is -2.24. The maximum absolute atomic E-state index is 14.3. The Bertz CT molecular complexity index is 1180. The van der Waals surface area contributed by atoms with E-state index in [1.807, 2.05) is 0 Å². The molecule has 2 aromatic carbocycles. The highest BCUT2D eigenvalue weighted by molar-refractivity contribution is 5.94. The number of nitrogens with one attached hydrogen (secondary N) is 1. The number of fused-ring (bicyclic) bond motifs is 1. The second-order valence-electron chi connectivity index (χ2n) is 6.93. The van der Waals surface area contributed by atoms with E-state index in [0.717, 1.165) is 17.7 Å². The molecule has 0 fully saturated rings. The van der Waals surface area contributed by atoms with Crippen LogP contribution in [0.1, 0.15) is 23.5 Å². The number of ether oxygens (including phenoxy) is 2. The van der Waals surface area contributed by atoms with Crippen molar-refractivity contribution in [1.82, 2.24) is 9.78 Å². The third kappa shape index (κ3) is 3.91. The van der Waals surface area contributed by atoms with E-state index in [9.17, 15) is 18.4 Å². The summed E-state index contributed by atoms with van der Waals surface area (Å²) in [7, 11) is 1.45. The number of methoxy groups -OCH3 is 1. The Morgan fingerprint density at radius 3 is 2.77 bits per heavy atom. The lowest BCUT2D eigenvalue weighted by Crippen LogP contribution is -2.25. The molecule has 10 heteroatoms. The van der Waals surface area contributed by atoms with Crippen molar-refractivity contribution in [2.24, 2.45) is 5.73 Å². The summed E-state index contributed by atoms with van der Waals surface area (Å²) < 4.78 is 39.5. The van der Waals surface area contributed by atoms with E-state index in [4.69, 9.17) is 15.2 Å². The number of amides is 2. The van der Waals surface area contributed by atoms with Crippen LogP contribution in [0.3, 0.4) is 0 Å². The van der Waals surface area contributed by atoms with Crippen LogP contribution in [0.25, 0.3) is 5.69 Å². The average Bonchev–Trinajstić information content (AvgIpc) is 3.15. The van der Waals surface area contributed by atoms with Crippen molar-refractivity contribution in [3.8, 4) is 17.2 Å². The van der Waals surface area contributed by atoms with Gasteiger partial charge in [0, 0.05) is 24.0 Å². The summed E-state index contributed by atoms with van der Waals surface area (Å²) in [6, 6.07) is 8.17. The molecule has 1 aromatic heterocycles. The number of halogens is 2. The molecular weight excluding hydrogens is 410 g/mol. The van der Waals surface area contributed by atoms with Gasteiger partial charge in [0.2, 0.25) is 5.91 Å². The number of hydrogen-bond acceptors (Lipinski definition) is 5. The summed E-state index contributed by atoms with van der Waals surface area (Å²) in [6.45, 7) is -0.304. The van der Waals surface area contributed by atoms with Crippen LogP contribution in [-0.4, -0.2) is 35.3 Å². The van der Waals surface area contributed by atoms with Crippen molar-refractivity contribution >= 4 is 17.6 Å². The van der Waals surface area contributed by atoms with Gasteiger partial charge in [0.1, 0.15) is 17.3 Å². The second kappa shape index (κ2) is 8.05. The van der Waals surface area contributed by atoms with Crippen LogP contribution in [0.4, 0.5) is 14.6 Å². The van der Waals surface area contributed by atoms with Gasteiger partial charge in [0.05, 0.1) is 13.3 Å². The largest absolute Gasteiger partial charge is 0.493 e. The van der Waals surface area contributed by atoms with E-state index in [-0.39, 0.29) is 30.5 Å². The Morgan fingerprint density at radius 2 is 2.06 bits per heavy atom. The molecule has 0 bridgehead atoms. The molecule has 1 aliphatic heterocycles. The van der Waals surface area contributed by atoms with Crippen molar-refractivity contribution in [2.45, 2.75) is 12.3 Å². The van der Waals surface area contributed by atoms with Crippen LogP contribution >= 0.6 is 0 Å². The Kier molecular flexibility index (Phi) is 5.28. The fourth-order valence-electron chi connectivity index (χ4n) is 3.52. The van der Waals surface area contributed by atoms with Gasteiger partial charge in [0.25, 0.3) is 5.91 Å². The summed E-state index contributed by atoms with van der Waals surface area (Å²) >= 11 is 0. The van der Waals surface area contributed by atoms with Crippen LogP contribution < -0.4 is 20.5 Å². The van der Waals surface area contributed by atoms with Gasteiger partial charge in [-0.1, -0.05) is 6.07 Å². The predicted octanol–water partition coefficient (Wildman–Crippen LogP) is 2.50. The van der Waals surface area contributed by atoms with Gasteiger partial charge < -0.3 is 20.5 Å². The Hall–Kier alpha value is -3.95. The van der Waals surface area contributed by atoms with Gasteiger partial charge >= 0.3 is 0 Å². The first-order valence-electron chi connectivity index (χ1n) is 9.29. The number of anilines is 1. The van der Waals surface area contributed by atoms with Gasteiger partial charge in [-0.05, 0) is 29.8 Å². The van der Waals surface area contributed by atoms with E-state index >= 15 is 0 Å². The lowest BCUT2D eigenvalue weighted by molar-refractivity contribution is -0.120. The lowest BCUT2D eigenvalue weighted by atomic mass is 9.87. The zero-order valence-corrected chi connectivity index (χ0v) is 16.4. The van der Waals surface area contributed by atoms with E-state index in [2.05, 4.69) is 10.4 Å². The van der Waals surface area contributed by atoms with Crippen LogP contribution in [0.5, 0.6) is 11.5 Å². The van der Waals surface area contributed by atoms with Gasteiger partial charge in [-0.2, -0.15) is 5.10 Å². The molecule has 0 saturated carbocycles. The fraction of sp³-hybridized carbons (Fsp3) is 0.190. The fourth-order valence-corrected chi connectivity index (χ4v) is 3.52. The maximum atomic E-state index is 14.3. The molecule has 0 spiro atoms. The third-order valence-corrected chi connectivity index (χ3v) is 4.92. The monoisotopic (exact) mass is 428 g/mol. The standard InChI is InChI=1S/C21H18F2N4O4/c1-30-18-6-11(2-5-17(18)31-10-19(24)28)13-8-20(29)26-21-14(13)9-25-27(21)16-4-3-12(22)7-15(16)23/h2-7,9,13H,8,10H2,1H3,(H2,24,28)(H,26,29). The third-order valence-electron chi connectivity index (χ3n) is 4.92. The molecule has 0 saturated heterocycles. The molecule has 2 heterocycles. The quantitative estimate of drug-likeness (QED) is 0.627. The molecule has 1 atom stereocenters. The number of carbonyl (C=O) groups is 2. The van der Waals surface area contributed by atoms with Crippen molar-refractivity contribution in [1.29, 1.82) is 0 Å². The normalized spacial score (nSPS) is 15.2. The zero-order chi connectivity index (χ0) is 22.1. The topological polar surface area (TPSA) is 108 Å². The Morgan fingerprint density at radius 1 is 1.26 bits per heavy atom. The second-order valence-corrected chi connectivity index (χ2v) is 6.93. The summed E-state index contributed by atoms with van der Waals surface area (Å²) in [6.07, 6.45) is 1.67. The van der Waals surface area contributed by atoms with Crippen molar-refractivity contribution in [2.75, 3.05) is 19.0 Å². The number of aromatic nitrogens is 2. The maximum Gasteiger partial charge on any atom is 0.255 e. The van der Waals surface area contributed by atoms with Gasteiger partial charge in [-0.15, -0.1) is 0 Å². The summed E-state index contributed by atoms with van der Waals surface area (Å²) in [5.74, 6) is -1.82. The highest BCUT2D eigenvalue weighted by atomic mass is 19.1. The van der Waals surface area contributed by atoms with Crippen LogP contribution in [-0.2, 0) is 9.59 Å². The highest BCUT2D eigenvalue weighted by Gasteiger charge is 2.31. The summed E-state index contributed by atoms with van der Waals surface area (Å²) in [4.78, 5) is 23.4. The van der Waals surface area contributed by atoms with E-state index < -0.39 is 17.5 Å².